The van der Waals surface area contributed by atoms with Gasteiger partial charge in [-0.1, -0.05) is 48.5 Å². The fraction of sp³-hybridized carbons (Fsp3) is 0.346. The van der Waals surface area contributed by atoms with E-state index < -0.39 is 0 Å². The van der Waals surface area contributed by atoms with Crippen LogP contribution in [0.1, 0.15) is 54.4 Å². The molecule has 0 spiro atoms. The smallest absolute Gasteiger partial charge is 0.252 e. The van der Waals surface area contributed by atoms with Crippen LogP contribution in [0.25, 0.3) is 22.2 Å². The number of carbonyl (C=O) groups excluding carboxylic acids is 2. The second-order valence-electron chi connectivity index (χ2n) is 9.33. The molecule has 6 rings (SSSR count). The van der Waals surface area contributed by atoms with Gasteiger partial charge in [0.1, 0.15) is 0 Å². The van der Waals surface area contributed by atoms with Crippen molar-refractivity contribution in [3.8, 4) is 11.3 Å². The van der Waals surface area contributed by atoms with Gasteiger partial charge < -0.3 is 5.32 Å². The molecule has 2 amide bonds. The van der Waals surface area contributed by atoms with Crippen molar-refractivity contribution in [3.63, 3.8) is 0 Å². The highest BCUT2D eigenvalue weighted by Gasteiger charge is 2.52. The number of fused-ring (bicyclic) bond motifs is 4. The Kier molecular flexibility index (Phi) is 4.97. The summed E-state index contributed by atoms with van der Waals surface area (Å²) < 4.78 is 0. The summed E-state index contributed by atoms with van der Waals surface area (Å²) in [6, 6.07) is 17.8. The van der Waals surface area contributed by atoms with Crippen molar-refractivity contribution in [1.82, 2.24) is 15.7 Å². The van der Waals surface area contributed by atoms with E-state index in [9.17, 15) is 9.59 Å². The molecule has 0 unspecified atom stereocenters. The first-order valence-electron chi connectivity index (χ1n) is 11.3. The number of nitrogens with zero attached hydrogens (tertiary/aromatic N) is 1. The zero-order valence-electron chi connectivity index (χ0n) is 18.3. The number of hydrogen-bond donors (Lipinski definition) is 3. The summed E-state index contributed by atoms with van der Waals surface area (Å²) in [7, 11) is 0. The minimum absolute atomic E-state index is 0.0593. The SMILES string of the molecule is Cc1c(-c2ccccc2)nc2ccccc2c1C(=O)NC12CCC(C(=O)NN)(CC1)CC2. The number of carbonyl (C=O) groups is 2. The minimum Gasteiger partial charge on any atom is -0.347 e. The lowest BCUT2D eigenvalue weighted by Crippen LogP contribution is -2.60. The van der Waals surface area contributed by atoms with E-state index in [4.69, 9.17) is 10.8 Å². The lowest BCUT2D eigenvalue weighted by Gasteiger charge is -2.52. The summed E-state index contributed by atoms with van der Waals surface area (Å²) >= 11 is 0. The molecule has 1 heterocycles. The van der Waals surface area contributed by atoms with Crippen molar-refractivity contribution in [2.45, 2.75) is 51.0 Å². The first-order valence-corrected chi connectivity index (χ1v) is 11.3. The van der Waals surface area contributed by atoms with Crippen molar-refractivity contribution in [2.24, 2.45) is 11.3 Å². The molecular formula is C26H28N4O2. The standard InChI is InChI=1S/C26H28N4O2/c1-17-21(19-9-5-6-10-20(19)28-22(17)18-7-3-2-4-8-18)23(31)29-26-14-11-25(12-15-26,13-16-26)24(32)30-27/h2-10H,11-16,27H2,1H3,(H,29,31)(H,30,32). The molecule has 0 atom stereocenters. The number of hydrogen-bond acceptors (Lipinski definition) is 4. The first-order chi connectivity index (χ1) is 15.5. The number of nitrogens with two attached hydrogens (primary N) is 1. The number of benzene rings is 2. The number of rotatable bonds is 4. The molecule has 2 aromatic carbocycles. The normalized spacial score (nSPS) is 24.3. The number of aromatic nitrogens is 1. The first kappa shape index (κ1) is 20.6. The van der Waals surface area contributed by atoms with Crippen LogP contribution in [0.3, 0.4) is 0 Å². The second-order valence-corrected chi connectivity index (χ2v) is 9.33. The fourth-order valence-corrected chi connectivity index (χ4v) is 5.65. The molecule has 0 saturated heterocycles. The predicted molar refractivity (Wildman–Crippen MR) is 125 cm³/mol. The molecule has 0 radical (unpaired) electrons. The van der Waals surface area contributed by atoms with Crippen molar-refractivity contribution in [3.05, 3.63) is 65.7 Å². The summed E-state index contributed by atoms with van der Waals surface area (Å²) in [5.74, 6) is 5.30. The molecule has 164 valence electrons. The zero-order valence-corrected chi connectivity index (χ0v) is 18.3. The Morgan fingerprint density at radius 1 is 0.906 bits per heavy atom. The van der Waals surface area contributed by atoms with Gasteiger partial charge in [-0.25, -0.2) is 10.8 Å². The van der Waals surface area contributed by atoms with Crippen LogP contribution < -0.4 is 16.6 Å². The highest BCUT2D eigenvalue weighted by Crippen LogP contribution is 2.52. The van der Waals surface area contributed by atoms with Crippen LogP contribution in [-0.4, -0.2) is 22.3 Å². The highest BCUT2D eigenvalue weighted by atomic mass is 16.2. The lowest BCUT2D eigenvalue weighted by molar-refractivity contribution is -0.138. The van der Waals surface area contributed by atoms with Gasteiger partial charge in [0.25, 0.3) is 5.91 Å². The molecule has 3 saturated carbocycles. The van der Waals surface area contributed by atoms with Gasteiger partial charge in [-0.2, -0.15) is 0 Å². The van der Waals surface area contributed by atoms with Crippen LogP contribution >= 0.6 is 0 Å². The van der Waals surface area contributed by atoms with Crippen molar-refractivity contribution < 1.29 is 9.59 Å². The molecule has 6 heteroatoms. The van der Waals surface area contributed by atoms with Gasteiger partial charge in [0.05, 0.1) is 22.2 Å². The van der Waals surface area contributed by atoms with E-state index in [0.717, 1.165) is 66.2 Å². The van der Waals surface area contributed by atoms with Crippen LogP contribution in [0.4, 0.5) is 0 Å². The van der Waals surface area contributed by atoms with Crippen LogP contribution in [-0.2, 0) is 4.79 Å². The van der Waals surface area contributed by atoms with Crippen molar-refractivity contribution in [1.29, 1.82) is 0 Å². The number of amides is 2. The Morgan fingerprint density at radius 3 is 2.19 bits per heavy atom. The molecule has 1 aromatic heterocycles. The minimum atomic E-state index is -0.374. The van der Waals surface area contributed by atoms with Crippen LogP contribution in [0.5, 0.6) is 0 Å². The van der Waals surface area contributed by atoms with Gasteiger partial charge in [-0.3, -0.25) is 15.0 Å². The average Bonchev–Trinajstić information content (AvgIpc) is 2.84. The largest absolute Gasteiger partial charge is 0.347 e. The van der Waals surface area contributed by atoms with Crippen molar-refractivity contribution >= 4 is 22.7 Å². The molecule has 3 aliphatic rings. The maximum Gasteiger partial charge on any atom is 0.252 e. The third-order valence-corrected chi connectivity index (χ3v) is 7.65. The Labute approximate surface area is 187 Å². The van der Waals surface area contributed by atoms with E-state index in [1.807, 2.05) is 61.5 Å². The van der Waals surface area contributed by atoms with E-state index in [0.29, 0.717) is 5.56 Å². The third-order valence-electron chi connectivity index (χ3n) is 7.65. The van der Waals surface area contributed by atoms with Gasteiger partial charge in [0.15, 0.2) is 0 Å². The molecule has 2 bridgehead atoms. The Bertz CT molecular complexity index is 1180. The summed E-state index contributed by atoms with van der Waals surface area (Å²) in [6.07, 6.45) is 4.63. The average molecular weight is 429 g/mol. The Hall–Kier alpha value is -3.25. The van der Waals surface area contributed by atoms with Crippen molar-refractivity contribution in [2.75, 3.05) is 0 Å². The van der Waals surface area contributed by atoms with Crippen LogP contribution in [0.15, 0.2) is 54.6 Å². The monoisotopic (exact) mass is 428 g/mol. The number of pyridine rings is 1. The number of nitrogens with one attached hydrogen (secondary N) is 2. The summed E-state index contributed by atoms with van der Waals surface area (Å²) in [5.41, 5.74) is 5.91. The second kappa shape index (κ2) is 7.71. The molecule has 32 heavy (non-hydrogen) atoms. The van der Waals surface area contributed by atoms with Crippen LogP contribution in [0.2, 0.25) is 0 Å². The van der Waals surface area contributed by atoms with Crippen LogP contribution in [0, 0.1) is 12.3 Å². The fourth-order valence-electron chi connectivity index (χ4n) is 5.65. The van der Waals surface area contributed by atoms with E-state index in [2.05, 4.69) is 10.7 Å². The van der Waals surface area contributed by atoms with Gasteiger partial charge >= 0.3 is 0 Å². The predicted octanol–water partition coefficient (Wildman–Crippen LogP) is 4.02. The summed E-state index contributed by atoms with van der Waals surface area (Å²) in [5, 5.41) is 4.26. The molecule has 0 aliphatic heterocycles. The Balaban J connectivity index is 1.51. The molecular weight excluding hydrogens is 400 g/mol. The lowest BCUT2D eigenvalue weighted by atomic mass is 9.57. The number of para-hydroxylation sites is 1. The van der Waals surface area contributed by atoms with E-state index in [1.54, 1.807) is 0 Å². The molecule has 3 aliphatic carbocycles. The topological polar surface area (TPSA) is 97.1 Å². The highest BCUT2D eigenvalue weighted by molar-refractivity contribution is 6.09. The number of hydrazine groups is 1. The summed E-state index contributed by atoms with van der Waals surface area (Å²) in [4.78, 5) is 31.0. The molecule has 6 nitrogen and oxygen atoms in total. The molecule has 4 N–H and O–H groups in total. The maximum atomic E-state index is 13.7. The van der Waals surface area contributed by atoms with E-state index >= 15 is 0 Å². The van der Waals surface area contributed by atoms with Gasteiger partial charge in [0.2, 0.25) is 5.91 Å². The molecule has 3 fully saturated rings. The maximum absolute atomic E-state index is 13.7. The zero-order chi connectivity index (χ0) is 22.3. The van der Waals surface area contributed by atoms with Gasteiger partial charge in [-0.05, 0) is 57.1 Å². The summed E-state index contributed by atoms with van der Waals surface area (Å²) in [6.45, 7) is 1.98. The Morgan fingerprint density at radius 2 is 1.53 bits per heavy atom. The van der Waals surface area contributed by atoms with E-state index in [-0.39, 0.29) is 22.8 Å². The third kappa shape index (κ3) is 3.26. The van der Waals surface area contributed by atoms with E-state index in [1.165, 1.54) is 0 Å². The van der Waals surface area contributed by atoms with Gasteiger partial charge in [-0.15, -0.1) is 0 Å². The quantitative estimate of drug-likeness (QED) is 0.332. The molecule has 3 aromatic rings. The van der Waals surface area contributed by atoms with Gasteiger partial charge in [0, 0.05) is 16.5 Å².